The van der Waals surface area contributed by atoms with Gasteiger partial charge in [-0.25, -0.2) is 9.59 Å². The van der Waals surface area contributed by atoms with E-state index in [1.165, 1.54) is 25.7 Å². The number of carbonyl (C=O) groups is 3. The second-order valence-electron chi connectivity index (χ2n) is 6.20. The summed E-state index contributed by atoms with van der Waals surface area (Å²) in [5, 5.41) is 11.4. The third-order valence-corrected chi connectivity index (χ3v) is 4.78. The van der Waals surface area contributed by atoms with E-state index >= 15 is 0 Å². The van der Waals surface area contributed by atoms with E-state index in [4.69, 9.17) is 10.8 Å². The summed E-state index contributed by atoms with van der Waals surface area (Å²) in [6, 6.07) is -1.67. The fraction of sp³-hybridized carbons (Fsp3) is 0.786. The Kier molecular flexibility index (Phi) is 4.69. The Labute approximate surface area is 123 Å². The van der Waals surface area contributed by atoms with Crippen LogP contribution >= 0.6 is 0 Å². The van der Waals surface area contributed by atoms with Gasteiger partial charge in [0.05, 0.1) is 6.42 Å². The van der Waals surface area contributed by atoms with Crippen LogP contribution in [0.25, 0.3) is 0 Å². The molecule has 0 radical (unpaired) electrons. The van der Waals surface area contributed by atoms with E-state index in [1.54, 1.807) is 4.90 Å². The Bertz CT molecular complexity index is 422. The minimum atomic E-state index is -1.25. The molecule has 1 atom stereocenters. The minimum Gasteiger partial charge on any atom is -0.480 e. The first-order valence-corrected chi connectivity index (χ1v) is 7.48. The van der Waals surface area contributed by atoms with E-state index in [0.29, 0.717) is 18.5 Å². The zero-order valence-electron chi connectivity index (χ0n) is 12.1. The third-order valence-electron chi connectivity index (χ3n) is 4.78. The van der Waals surface area contributed by atoms with Crippen molar-refractivity contribution in [3.63, 3.8) is 0 Å². The maximum absolute atomic E-state index is 12.1. The molecule has 1 heterocycles. The Morgan fingerprint density at radius 3 is 2.19 bits per heavy atom. The van der Waals surface area contributed by atoms with Crippen LogP contribution < -0.4 is 11.1 Å². The second-order valence-corrected chi connectivity index (χ2v) is 6.20. The first-order valence-electron chi connectivity index (χ1n) is 7.48. The average molecular weight is 297 g/mol. The number of primary amides is 1. The van der Waals surface area contributed by atoms with Crippen LogP contribution in [0.3, 0.4) is 0 Å². The quantitative estimate of drug-likeness (QED) is 0.708. The van der Waals surface area contributed by atoms with Crippen LogP contribution in [0, 0.1) is 5.41 Å². The highest BCUT2D eigenvalue weighted by atomic mass is 16.4. The zero-order chi connectivity index (χ0) is 15.5. The Balaban J connectivity index is 1.86. The maximum Gasteiger partial charge on any atom is 0.326 e. The van der Waals surface area contributed by atoms with Gasteiger partial charge >= 0.3 is 12.0 Å². The van der Waals surface area contributed by atoms with Gasteiger partial charge in [-0.15, -0.1) is 0 Å². The number of nitrogens with one attached hydrogen (secondary N) is 1. The number of nitrogens with zero attached hydrogens (tertiary/aromatic N) is 1. The molecule has 2 aliphatic rings. The van der Waals surface area contributed by atoms with Crippen molar-refractivity contribution in [1.29, 1.82) is 0 Å². The topological polar surface area (TPSA) is 113 Å². The van der Waals surface area contributed by atoms with Crippen molar-refractivity contribution in [3.05, 3.63) is 0 Å². The van der Waals surface area contributed by atoms with Gasteiger partial charge in [-0.3, -0.25) is 4.79 Å². The number of likely N-dealkylation sites (tertiary alicyclic amines) is 1. The van der Waals surface area contributed by atoms with Crippen molar-refractivity contribution < 1.29 is 19.5 Å². The number of carboxylic acid groups (broad SMARTS) is 1. The molecule has 0 bridgehead atoms. The van der Waals surface area contributed by atoms with Gasteiger partial charge in [0.15, 0.2) is 0 Å². The Morgan fingerprint density at radius 2 is 1.71 bits per heavy atom. The van der Waals surface area contributed by atoms with Crippen molar-refractivity contribution in [2.45, 2.75) is 51.0 Å². The highest BCUT2D eigenvalue weighted by Crippen LogP contribution is 2.46. The van der Waals surface area contributed by atoms with Gasteiger partial charge < -0.3 is 21.1 Å². The van der Waals surface area contributed by atoms with Gasteiger partial charge in [0, 0.05) is 13.1 Å². The zero-order valence-corrected chi connectivity index (χ0v) is 12.1. The number of hydrogen-bond acceptors (Lipinski definition) is 3. The van der Waals surface area contributed by atoms with Crippen molar-refractivity contribution in [3.8, 4) is 0 Å². The number of rotatable bonds is 4. The van der Waals surface area contributed by atoms with E-state index in [-0.39, 0.29) is 0 Å². The highest BCUT2D eigenvalue weighted by molar-refractivity contribution is 5.87. The van der Waals surface area contributed by atoms with Gasteiger partial charge in [0.1, 0.15) is 6.04 Å². The lowest BCUT2D eigenvalue weighted by Crippen LogP contribution is -2.52. The van der Waals surface area contributed by atoms with E-state index in [2.05, 4.69) is 5.32 Å². The van der Waals surface area contributed by atoms with Crippen LogP contribution in [-0.4, -0.2) is 47.0 Å². The monoisotopic (exact) mass is 297 g/mol. The molecular weight excluding hydrogens is 274 g/mol. The second kappa shape index (κ2) is 6.32. The number of piperidine rings is 1. The summed E-state index contributed by atoms with van der Waals surface area (Å²) < 4.78 is 0. The van der Waals surface area contributed by atoms with Gasteiger partial charge in [-0.1, -0.05) is 12.8 Å². The molecule has 4 N–H and O–H groups in total. The molecule has 2 rings (SSSR count). The van der Waals surface area contributed by atoms with E-state index in [1.807, 2.05) is 0 Å². The molecule has 7 nitrogen and oxygen atoms in total. The molecule has 0 aromatic rings. The number of carboxylic acids is 1. The van der Waals surface area contributed by atoms with Gasteiger partial charge in [0.2, 0.25) is 5.91 Å². The summed E-state index contributed by atoms with van der Waals surface area (Å²) in [5.74, 6) is -1.99. The van der Waals surface area contributed by atoms with Crippen molar-refractivity contribution in [2.24, 2.45) is 11.1 Å². The lowest BCUT2D eigenvalue weighted by molar-refractivity contribution is -0.141. The van der Waals surface area contributed by atoms with Crippen molar-refractivity contribution in [1.82, 2.24) is 10.2 Å². The third kappa shape index (κ3) is 3.86. The molecule has 1 saturated carbocycles. The predicted molar refractivity (Wildman–Crippen MR) is 75.5 cm³/mol. The summed E-state index contributed by atoms with van der Waals surface area (Å²) in [4.78, 5) is 35.6. The largest absolute Gasteiger partial charge is 0.480 e. The van der Waals surface area contributed by atoms with Crippen LogP contribution in [0.2, 0.25) is 0 Å². The number of hydrogen-bond donors (Lipinski definition) is 3. The first-order chi connectivity index (χ1) is 9.92. The fourth-order valence-electron chi connectivity index (χ4n) is 3.45. The molecule has 21 heavy (non-hydrogen) atoms. The van der Waals surface area contributed by atoms with E-state index in [9.17, 15) is 14.4 Å². The van der Waals surface area contributed by atoms with Gasteiger partial charge in [-0.05, 0) is 31.1 Å². The number of aliphatic carboxylic acids is 1. The standard InChI is InChI=1S/C14H23N3O4/c15-11(18)9-10(12(19)20)16-13(21)17-7-5-14(6-8-17)3-1-2-4-14/h10H,1-9H2,(H2,15,18)(H,16,21)(H,19,20). The number of amides is 3. The van der Waals surface area contributed by atoms with Gasteiger partial charge in [-0.2, -0.15) is 0 Å². The van der Waals surface area contributed by atoms with E-state index < -0.39 is 30.4 Å². The van der Waals surface area contributed by atoms with Crippen LogP contribution in [0.5, 0.6) is 0 Å². The van der Waals surface area contributed by atoms with Crippen LogP contribution in [-0.2, 0) is 9.59 Å². The van der Waals surface area contributed by atoms with Crippen LogP contribution in [0.15, 0.2) is 0 Å². The molecular formula is C14H23N3O4. The molecule has 7 heteroatoms. The lowest BCUT2D eigenvalue weighted by Gasteiger charge is -2.39. The normalized spacial score (nSPS) is 22.0. The molecule has 1 spiro atoms. The number of nitrogens with two attached hydrogens (primary N) is 1. The summed E-state index contributed by atoms with van der Waals surface area (Å²) in [6.07, 6.45) is 6.59. The molecule has 1 aliphatic carbocycles. The van der Waals surface area contributed by atoms with Crippen LogP contribution in [0.4, 0.5) is 4.79 Å². The number of urea groups is 1. The minimum absolute atomic E-state index is 0.390. The lowest BCUT2D eigenvalue weighted by atomic mass is 9.77. The average Bonchev–Trinajstić information content (AvgIpc) is 2.86. The predicted octanol–water partition coefficient (Wildman–Crippen LogP) is 0.681. The fourth-order valence-corrected chi connectivity index (χ4v) is 3.45. The Morgan fingerprint density at radius 1 is 1.14 bits per heavy atom. The SMILES string of the molecule is NC(=O)CC(NC(=O)N1CCC2(CCCC2)CC1)C(=O)O. The highest BCUT2D eigenvalue weighted by Gasteiger charge is 2.38. The van der Waals surface area contributed by atoms with Crippen molar-refractivity contribution in [2.75, 3.05) is 13.1 Å². The summed E-state index contributed by atoms with van der Waals surface area (Å²) in [7, 11) is 0. The summed E-state index contributed by atoms with van der Waals surface area (Å²) >= 11 is 0. The summed E-state index contributed by atoms with van der Waals surface area (Å²) in [6.45, 7) is 1.30. The molecule has 0 aromatic heterocycles. The molecule has 1 unspecified atom stereocenters. The maximum atomic E-state index is 12.1. The van der Waals surface area contributed by atoms with Crippen molar-refractivity contribution >= 4 is 17.9 Å². The molecule has 1 saturated heterocycles. The van der Waals surface area contributed by atoms with Crippen LogP contribution in [0.1, 0.15) is 44.9 Å². The number of carbonyl (C=O) groups excluding carboxylic acids is 2. The molecule has 1 aliphatic heterocycles. The first kappa shape index (κ1) is 15.6. The molecule has 0 aromatic carbocycles. The van der Waals surface area contributed by atoms with Gasteiger partial charge in [0.25, 0.3) is 0 Å². The molecule has 3 amide bonds. The Hall–Kier alpha value is -1.79. The molecule has 118 valence electrons. The van der Waals surface area contributed by atoms with E-state index in [0.717, 1.165) is 12.8 Å². The smallest absolute Gasteiger partial charge is 0.326 e. The molecule has 2 fully saturated rings. The summed E-state index contributed by atoms with van der Waals surface area (Å²) in [5.41, 5.74) is 5.40.